The van der Waals surface area contributed by atoms with E-state index in [0.29, 0.717) is 29.9 Å². The smallest absolute Gasteiger partial charge is 0.339 e. The topological polar surface area (TPSA) is 93.0 Å². The highest BCUT2D eigenvalue weighted by atomic mass is 19.4. The number of amides is 1. The van der Waals surface area contributed by atoms with Gasteiger partial charge in [0.05, 0.1) is 12.1 Å². The third-order valence-corrected chi connectivity index (χ3v) is 6.33. The molecule has 2 aliphatic rings. The van der Waals surface area contributed by atoms with E-state index in [1.54, 1.807) is 6.92 Å². The summed E-state index contributed by atoms with van der Waals surface area (Å²) in [6, 6.07) is 3.45. The molecule has 0 radical (unpaired) electrons. The third kappa shape index (κ3) is 5.52. The van der Waals surface area contributed by atoms with Crippen LogP contribution in [0.1, 0.15) is 48.2 Å². The molecular weight excluding hydrogens is 449 g/mol. The molecule has 0 spiro atoms. The minimum atomic E-state index is -4.51. The highest BCUT2D eigenvalue weighted by Gasteiger charge is 2.36. The first-order valence-electron chi connectivity index (χ1n) is 11.4. The van der Waals surface area contributed by atoms with Crippen molar-refractivity contribution >= 4 is 17.8 Å². The Kier molecular flexibility index (Phi) is 7.11. The van der Waals surface area contributed by atoms with Gasteiger partial charge in [-0.2, -0.15) is 18.0 Å². The number of ketones is 1. The standard InChI is InChI=1S/C23H27F3N6O2/c1-15-28-30-32(29-15)14-17-13-18(23(24,25)26)6-4-16(17)5-7-21(33)20-3-2-12-31(22(20)34)19-8-10-27-11-9-19/h4-7,13,19-20,27H,2-3,8-12,14H2,1H3. The van der Waals surface area contributed by atoms with Crippen molar-refractivity contribution in [2.24, 2.45) is 5.92 Å². The van der Waals surface area contributed by atoms with Crippen LogP contribution in [0.25, 0.3) is 6.08 Å². The van der Waals surface area contributed by atoms with Crippen molar-refractivity contribution < 1.29 is 22.8 Å². The lowest BCUT2D eigenvalue weighted by atomic mass is 9.89. The number of carbonyl (C=O) groups excluding carboxylic acids is 2. The van der Waals surface area contributed by atoms with Crippen molar-refractivity contribution in [3.05, 3.63) is 46.8 Å². The molecule has 1 aromatic heterocycles. The van der Waals surface area contributed by atoms with Crippen LogP contribution in [0.2, 0.25) is 0 Å². The molecule has 2 aromatic rings. The van der Waals surface area contributed by atoms with Crippen LogP contribution in [-0.4, -0.2) is 62.5 Å². The first-order valence-corrected chi connectivity index (χ1v) is 11.4. The molecule has 34 heavy (non-hydrogen) atoms. The first kappa shape index (κ1) is 24.1. The summed E-state index contributed by atoms with van der Waals surface area (Å²) in [5.74, 6) is -0.835. The van der Waals surface area contributed by atoms with Crippen LogP contribution in [0, 0.1) is 12.8 Å². The van der Waals surface area contributed by atoms with Gasteiger partial charge in [0.1, 0.15) is 5.92 Å². The van der Waals surface area contributed by atoms with Crippen LogP contribution in [0.3, 0.4) is 0 Å². The second-order valence-corrected chi connectivity index (χ2v) is 8.72. The van der Waals surface area contributed by atoms with Gasteiger partial charge in [-0.15, -0.1) is 10.2 Å². The maximum Gasteiger partial charge on any atom is 0.416 e. The molecule has 2 fully saturated rings. The number of aryl methyl sites for hydroxylation is 1. The number of likely N-dealkylation sites (tertiary alicyclic amines) is 1. The lowest BCUT2D eigenvalue weighted by Crippen LogP contribution is -2.52. The SMILES string of the molecule is Cc1nnn(Cc2cc(C(F)(F)F)ccc2C=CC(=O)C2CCCN(C3CCNCC3)C2=O)n1. The van der Waals surface area contributed by atoms with E-state index in [2.05, 4.69) is 20.7 Å². The zero-order valence-corrected chi connectivity index (χ0v) is 18.9. The maximum atomic E-state index is 13.3. The van der Waals surface area contributed by atoms with Crippen LogP contribution in [-0.2, 0) is 22.3 Å². The summed E-state index contributed by atoms with van der Waals surface area (Å²) in [6.07, 6.45) is 1.23. The number of nitrogens with zero attached hydrogens (tertiary/aromatic N) is 5. The fraction of sp³-hybridized carbons (Fsp3) is 0.522. The number of carbonyl (C=O) groups is 2. The lowest BCUT2D eigenvalue weighted by molar-refractivity contribution is -0.145. The van der Waals surface area contributed by atoms with Crippen LogP contribution in [0.4, 0.5) is 13.2 Å². The zero-order chi connectivity index (χ0) is 24.3. The summed E-state index contributed by atoms with van der Waals surface area (Å²) in [7, 11) is 0. The molecule has 11 heteroatoms. The summed E-state index contributed by atoms with van der Waals surface area (Å²) in [5.41, 5.74) is -0.0831. The van der Waals surface area contributed by atoms with Gasteiger partial charge in [0.25, 0.3) is 0 Å². The Morgan fingerprint density at radius 1 is 1.24 bits per heavy atom. The van der Waals surface area contributed by atoms with Gasteiger partial charge in [0, 0.05) is 12.6 Å². The Labute approximate surface area is 195 Å². The Balaban J connectivity index is 1.53. The van der Waals surface area contributed by atoms with Gasteiger partial charge < -0.3 is 10.2 Å². The second-order valence-electron chi connectivity index (χ2n) is 8.72. The third-order valence-electron chi connectivity index (χ3n) is 6.33. The van der Waals surface area contributed by atoms with Crippen molar-refractivity contribution in [3.8, 4) is 0 Å². The van der Waals surface area contributed by atoms with Crippen molar-refractivity contribution in [2.45, 2.75) is 51.4 Å². The Morgan fingerprint density at radius 2 is 2.00 bits per heavy atom. The molecule has 8 nitrogen and oxygen atoms in total. The van der Waals surface area contributed by atoms with Gasteiger partial charge in [-0.1, -0.05) is 12.1 Å². The Hall–Kier alpha value is -3.08. The van der Waals surface area contributed by atoms with Crippen molar-refractivity contribution in [2.75, 3.05) is 19.6 Å². The highest BCUT2D eigenvalue weighted by molar-refractivity contribution is 6.08. The number of alkyl halides is 3. The number of rotatable bonds is 6. The van der Waals surface area contributed by atoms with Gasteiger partial charge in [-0.05, 0) is 80.2 Å². The largest absolute Gasteiger partial charge is 0.416 e. The van der Waals surface area contributed by atoms with Crippen LogP contribution >= 0.6 is 0 Å². The molecule has 1 atom stereocenters. The molecule has 0 bridgehead atoms. The van der Waals surface area contributed by atoms with E-state index in [4.69, 9.17) is 0 Å². The quantitative estimate of drug-likeness (QED) is 0.509. The molecule has 3 heterocycles. The van der Waals surface area contributed by atoms with E-state index in [1.807, 2.05) is 4.90 Å². The number of allylic oxidation sites excluding steroid dienone is 1. The molecule has 1 unspecified atom stereocenters. The number of piperidine rings is 2. The predicted molar refractivity (Wildman–Crippen MR) is 117 cm³/mol. The van der Waals surface area contributed by atoms with Gasteiger partial charge >= 0.3 is 6.18 Å². The van der Waals surface area contributed by atoms with Crippen LogP contribution < -0.4 is 5.32 Å². The number of tetrazole rings is 1. The van der Waals surface area contributed by atoms with E-state index >= 15 is 0 Å². The second kappa shape index (κ2) is 10.0. The first-order chi connectivity index (χ1) is 16.2. The van der Waals surface area contributed by atoms with Gasteiger partial charge in [-0.3, -0.25) is 9.59 Å². The summed E-state index contributed by atoms with van der Waals surface area (Å²) in [5, 5.41) is 14.9. The number of aromatic nitrogens is 4. The molecule has 182 valence electrons. The minimum absolute atomic E-state index is 0.0372. The summed E-state index contributed by atoms with van der Waals surface area (Å²) < 4.78 is 39.8. The van der Waals surface area contributed by atoms with Crippen LogP contribution in [0.15, 0.2) is 24.3 Å². The Bertz CT molecular complexity index is 1070. The van der Waals surface area contributed by atoms with E-state index < -0.39 is 17.7 Å². The molecular formula is C23H27F3N6O2. The van der Waals surface area contributed by atoms with Gasteiger partial charge in [0.15, 0.2) is 11.6 Å². The van der Waals surface area contributed by atoms with E-state index in [9.17, 15) is 22.8 Å². The zero-order valence-electron chi connectivity index (χ0n) is 18.9. The average Bonchev–Trinajstić information content (AvgIpc) is 3.22. The summed E-state index contributed by atoms with van der Waals surface area (Å²) >= 11 is 0. The fourth-order valence-corrected chi connectivity index (χ4v) is 4.56. The monoisotopic (exact) mass is 476 g/mol. The summed E-state index contributed by atoms with van der Waals surface area (Å²) in [6.45, 7) is 3.95. The average molecular weight is 477 g/mol. The van der Waals surface area contributed by atoms with Crippen molar-refractivity contribution in [3.63, 3.8) is 0 Å². The van der Waals surface area contributed by atoms with Crippen molar-refractivity contribution in [1.29, 1.82) is 0 Å². The summed E-state index contributed by atoms with van der Waals surface area (Å²) in [4.78, 5) is 29.0. The molecule has 0 saturated carbocycles. The van der Waals surface area contributed by atoms with Gasteiger partial charge in [0.2, 0.25) is 5.91 Å². The predicted octanol–water partition coefficient (Wildman–Crippen LogP) is 2.62. The van der Waals surface area contributed by atoms with Crippen LogP contribution in [0.5, 0.6) is 0 Å². The highest BCUT2D eigenvalue weighted by Crippen LogP contribution is 2.31. The molecule has 1 amide bonds. The molecule has 2 aliphatic heterocycles. The number of hydrogen-bond acceptors (Lipinski definition) is 6. The lowest BCUT2D eigenvalue weighted by Gasteiger charge is -2.39. The normalized spacial score (nSPS) is 20.3. The number of benzene rings is 1. The fourth-order valence-electron chi connectivity index (χ4n) is 4.56. The minimum Gasteiger partial charge on any atom is -0.339 e. The molecule has 1 N–H and O–H groups in total. The molecule has 1 aromatic carbocycles. The molecule has 0 aliphatic carbocycles. The Morgan fingerprint density at radius 3 is 2.68 bits per heavy atom. The van der Waals surface area contributed by atoms with E-state index in [-0.39, 0.29) is 24.3 Å². The van der Waals surface area contributed by atoms with E-state index in [0.717, 1.165) is 44.5 Å². The van der Waals surface area contributed by atoms with Gasteiger partial charge in [-0.25, -0.2) is 0 Å². The number of halogens is 3. The maximum absolute atomic E-state index is 13.3. The number of hydrogen-bond donors (Lipinski definition) is 1. The van der Waals surface area contributed by atoms with Crippen molar-refractivity contribution in [1.82, 2.24) is 30.4 Å². The molecule has 4 rings (SSSR count). The molecule has 2 saturated heterocycles. The number of nitrogens with one attached hydrogen (secondary N) is 1. The van der Waals surface area contributed by atoms with E-state index in [1.165, 1.54) is 23.0 Å².